The number of pyridine rings is 1. The SMILES string of the molecule is [2H]C([2H])(c1ccc2nc(CC)c(=O)[nH]c2c1F)N1C[C@H](Oc2ccc(C(=O)NC3CC3)nc2F)[C@H]1C. The van der Waals surface area contributed by atoms with Gasteiger partial charge in [0.1, 0.15) is 23.0 Å². The molecule has 0 radical (unpaired) electrons. The Morgan fingerprint density at radius 1 is 1.29 bits per heavy atom. The molecule has 2 aromatic heterocycles. The quantitative estimate of drug-likeness (QED) is 0.514. The number of aryl methyl sites for hydroxylation is 1. The first-order valence-corrected chi connectivity index (χ1v) is 11.2. The van der Waals surface area contributed by atoms with Crippen LogP contribution >= 0.6 is 0 Å². The van der Waals surface area contributed by atoms with Crippen molar-refractivity contribution in [3.63, 3.8) is 0 Å². The normalized spacial score (nSPS) is 21.5. The molecule has 34 heavy (non-hydrogen) atoms. The van der Waals surface area contributed by atoms with Gasteiger partial charge in [-0.1, -0.05) is 13.0 Å². The minimum Gasteiger partial charge on any atom is -0.483 e. The van der Waals surface area contributed by atoms with Crippen LogP contribution < -0.4 is 15.6 Å². The fraction of sp³-hybridized carbons (Fsp3) is 0.417. The summed E-state index contributed by atoms with van der Waals surface area (Å²) in [4.78, 5) is 35.9. The van der Waals surface area contributed by atoms with Crippen molar-refractivity contribution in [2.75, 3.05) is 6.54 Å². The van der Waals surface area contributed by atoms with Crippen LogP contribution in [0.3, 0.4) is 0 Å². The van der Waals surface area contributed by atoms with Crippen molar-refractivity contribution >= 4 is 16.9 Å². The van der Waals surface area contributed by atoms with E-state index in [-0.39, 0.29) is 46.3 Å². The first-order valence-electron chi connectivity index (χ1n) is 12.2. The average Bonchev–Trinajstić information content (AvgIpc) is 3.65. The molecule has 0 bridgehead atoms. The zero-order chi connectivity index (χ0) is 25.8. The van der Waals surface area contributed by atoms with Gasteiger partial charge in [0.15, 0.2) is 11.6 Å². The molecule has 0 unspecified atom stereocenters. The van der Waals surface area contributed by atoms with Gasteiger partial charge >= 0.3 is 0 Å². The Morgan fingerprint density at radius 2 is 2.09 bits per heavy atom. The number of amides is 1. The van der Waals surface area contributed by atoms with Crippen LogP contribution in [0.5, 0.6) is 5.75 Å². The lowest BCUT2D eigenvalue weighted by Gasteiger charge is -2.45. The van der Waals surface area contributed by atoms with E-state index >= 15 is 4.39 Å². The molecular weight excluding hydrogens is 444 g/mol. The number of hydrogen-bond donors (Lipinski definition) is 2. The largest absolute Gasteiger partial charge is 0.483 e. The summed E-state index contributed by atoms with van der Waals surface area (Å²) in [6, 6.07) is 5.07. The second-order valence-electron chi connectivity index (χ2n) is 8.58. The predicted octanol–water partition coefficient (Wildman–Crippen LogP) is 2.70. The summed E-state index contributed by atoms with van der Waals surface area (Å²) in [7, 11) is 0. The Kier molecular flexibility index (Phi) is 5.15. The summed E-state index contributed by atoms with van der Waals surface area (Å²) in [6.07, 6.45) is 1.60. The number of rotatable bonds is 7. The number of carbonyl (C=O) groups excluding carboxylic acids is 1. The highest BCUT2D eigenvalue weighted by Crippen LogP contribution is 2.29. The number of H-pyrrole nitrogens is 1. The summed E-state index contributed by atoms with van der Waals surface area (Å²) in [5, 5.41) is 2.74. The van der Waals surface area contributed by atoms with Gasteiger partial charge in [0, 0.05) is 33.4 Å². The van der Waals surface area contributed by atoms with Gasteiger partial charge in [0.25, 0.3) is 17.4 Å². The number of halogens is 2. The molecule has 1 saturated carbocycles. The number of likely N-dealkylation sites (tertiary alicyclic amines) is 1. The molecule has 2 N–H and O–H groups in total. The number of ether oxygens (including phenoxy) is 1. The molecule has 2 atom stereocenters. The fourth-order valence-electron chi connectivity index (χ4n) is 3.79. The van der Waals surface area contributed by atoms with E-state index in [4.69, 9.17) is 7.48 Å². The van der Waals surface area contributed by atoms with Gasteiger partial charge in [-0.25, -0.2) is 14.4 Å². The van der Waals surface area contributed by atoms with Crippen molar-refractivity contribution in [1.29, 1.82) is 0 Å². The van der Waals surface area contributed by atoms with Gasteiger partial charge in [-0.2, -0.15) is 4.39 Å². The molecule has 1 saturated heterocycles. The van der Waals surface area contributed by atoms with Crippen LogP contribution in [0, 0.1) is 11.8 Å². The van der Waals surface area contributed by atoms with E-state index in [2.05, 4.69) is 20.3 Å². The maximum Gasteiger partial charge on any atom is 0.270 e. The number of nitrogens with zero attached hydrogens (tertiary/aromatic N) is 3. The molecule has 2 aliphatic rings. The molecule has 1 aromatic carbocycles. The Balaban J connectivity index is 1.31. The van der Waals surface area contributed by atoms with Gasteiger partial charge in [-0.05, 0) is 44.4 Å². The predicted molar refractivity (Wildman–Crippen MR) is 121 cm³/mol. The smallest absolute Gasteiger partial charge is 0.270 e. The van der Waals surface area contributed by atoms with Crippen LogP contribution in [0.2, 0.25) is 0 Å². The molecule has 5 rings (SSSR count). The minimum atomic E-state index is -2.24. The highest BCUT2D eigenvalue weighted by atomic mass is 19.1. The van der Waals surface area contributed by atoms with E-state index < -0.39 is 41.9 Å². The third kappa shape index (κ3) is 4.25. The summed E-state index contributed by atoms with van der Waals surface area (Å²) < 4.78 is 52.7. The molecule has 1 aliphatic heterocycles. The van der Waals surface area contributed by atoms with Crippen LogP contribution in [0.15, 0.2) is 29.1 Å². The van der Waals surface area contributed by atoms with Crippen molar-refractivity contribution in [2.24, 2.45) is 0 Å². The van der Waals surface area contributed by atoms with E-state index in [1.165, 1.54) is 29.2 Å². The number of aromatic nitrogens is 3. The summed E-state index contributed by atoms with van der Waals surface area (Å²) >= 11 is 0. The Morgan fingerprint density at radius 3 is 2.76 bits per heavy atom. The van der Waals surface area contributed by atoms with E-state index in [0.717, 1.165) is 12.8 Å². The molecule has 8 nitrogen and oxygen atoms in total. The zero-order valence-electron chi connectivity index (χ0n) is 20.7. The fourth-order valence-corrected chi connectivity index (χ4v) is 3.79. The second kappa shape index (κ2) is 8.75. The molecule has 0 spiro atoms. The second-order valence-corrected chi connectivity index (χ2v) is 8.58. The highest BCUT2D eigenvalue weighted by Gasteiger charge is 2.38. The average molecular weight is 472 g/mol. The number of hydrogen-bond acceptors (Lipinski definition) is 6. The first-order chi connectivity index (χ1) is 17.1. The Hall–Kier alpha value is -3.40. The number of aromatic amines is 1. The molecule has 2 fully saturated rings. The summed E-state index contributed by atoms with van der Waals surface area (Å²) in [5.74, 6) is -2.42. The molecule has 3 heterocycles. The van der Waals surface area contributed by atoms with Crippen molar-refractivity contribution in [1.82, 2.24) is 25.2 Å². The van der Waals surface area contributed by atoms with Gasteiger partial charge in [-0.15, -0.1) is 0 Å². The molecule has 10 heteroatoms. The maximum absolute atomic E-state index is 15.3. The lowest BCUT2D eigenvalue weighted by Crippen LogP contribution is -2.60. The van der Waals surface area contributed by atoms with Crippen LogP contribution in [0.25, 0.3) is 11.0 Å². The Bertz CT molecular complexity index is 1410. The molecule has 178 valence electrons. The maximum atomic E-state index is 15.3. The standard InChI is InChI=1S/C24H25F2N5O3/c1-3-15-23(32)30-21-16(28-15)7-4-13(20(21)25)10-31-11-19(12(31)2)34-18-9-8-17(29-22(18)26)24(33)27-14-5-6-14/h4,7-9,12,14,19H,3,5-6,10-11H2,1-2H3,(H,27,33)(H,30,32)/t12-,19+/m1/s1/i10D2. The van der Waals surface area contributed by atoms with Crippen molar-refractivity contribution in [3.8, 4) is 5.75 Å². The van der Waals surface area contributed by atoms with Crippen LogP contribution in [0.1, 0.15) is 51.2 Å². The number of fused-ring (bicyclic) bond motifs is 1. The van der Waals surface area contributed by atoms with E-state index in [1.54, 1.807) is 13.8 Å². The topological polar surface area (TPSA) is 100 Å². The minimum absolute atomic E-state index is 0.0447. The van der Waals surface area contributed by atoms with Crippen LogP contribution in [0.4, 0.5) is 8.78 Å². The number of carbonyl (C=O) groups is 1. The third-order valence-electron chi connectivity index (χ3n) is 6.12. The van der Waals surface area contributed by atoms with Gasteiger partial charge in [-0.3, -0.25) is 14.5 Å². The third-order valence-corrected chi connectivity index (χ3v) is 6.12. The highest BCUT2D eigenvalue weighted by molar-refractivity contribution is 5.92. The lowest BCUT2D eigenvalue weighted by molar-refractivity contribution is -0.0437. The summed E-state index contributed by atoms with van der Waals surface area (Å²) in [5.41, 5.74) is -0.457. The van der Waals surface area contributed by atoms with Crippen LogP contribution in [-0.4, -0.2) is 50.5 Å². The van der Waals surface area contributed by atoms with Crippen molar-refractivity contribution in [3.05, 3.63) is 63.3 Å². The lowest BCUT2D eigenvalue weighted by atomic mass is 9.99. The van der Waals surface area contributed by atoms with Crippen molar-refractivity contribution < 1.29 is 21.1 Å². The van der Waals surface area contributed by atoms with Crippen LogP contribution in [-0.2, 0) is 12.9 Å². The summed E-state index contributed by atoms with van der Waals surface area (Å²) in [6.45, 7) is 1.27. The van der Waals surface area contributed by atoms with Crippen molar-refractivity contribution in [2.45, 2.75) is 57.8 Å². The number of benzene rings is 1. The van der Waals surface area contributed by atoms with Gasteiger partial charge < -0.3 is 15.0 Å². The van der Waals surface area contributed by atoms with Gasteiger partial charge in [0.2, 0.25) is 0 Å². The van der Waals surface area contributed by atoms with E-state index in [0.29, 0.717) is 6.42 Å². The zero-order valence-corrected chi connectivity index (χ0v) is 18.7. The first kappa shape index (κ1) is 20.0. The number of nitrogens with one attached hydrogen (secondary N) is 2. The molecule has 1 amide bonds. The van der Waals surface area contributed by atoms with E-state index in [1.807, 2.05) is 0 Å². The molecular formula is C24H25F2N5O3. The Labute approximate surface area is 197 Å². The monoisotopic (exact) mass is 471 g/mol. The van der Waals surface area contributed by atoms with Gasteiger partial charge in [0.05, 0.1) is 5.52 Å². The van der Waals surface area contributed by atoms with E-state index in [9.17, 15) is 14.0 Å². The molecule has 3 aromatic rings. The molecule has 1 aliphatic carbocycles.